The topological polar surface area (TPSA) is 82.3 Å². The molecule has 1 aliphatic rings. The molecule has 42 heavy (non-hydrogen) atoms. The molecule has 1 aliphatic heterocycles. The zero-order chi connectivity index (χ0) is 30.1. The summed E-state index contributed by atoms with van der Waals surface area (Å²) in [5, 5.41) is 10.2. The number of nitrogens with two attached hydrogens (primary N) is 1. The van der Waals surface area contributed by atoms with Gasteiger partial charge >= 0.3 is 12.2 Å². The highest BCUT2D eigenvalue weighted by molar-refractivity contribution is 6.30. The molecule has 0 aliphatic carbocycles. The number of ether oxygens (including phenoxy) is 1. The van der Waals surface area contributed by atoms with E-state index in [0.29, 0.717) is 11.6 Å². The van der Waals surface area contributed by atoms with Gasteiger partial charge in [0.2, 0.25) is 0 Å². The predicted octanol–water partition coefficient (Wildman–Crippen LogP) is 5.66. The maximum atomic E-state index is 13.8. The molecule has 222 valence electrons. The number of rotatable bonds is 9. The number of nitrogens with zero attached hydrogens (tertiary/aromatic N) is 3. The number of primary amides is 1. The van der Waals surface area contributed by atoms with Gasteiger partial charge in [-0.3, -0.25) is 15.0 Å². The van der Waals surface area contributed by atoms with Crippen molar-refractivity contribution >= 4 is 17.6 Å². The second kappa shape index (κ2) is 14.4. The Kier molecular flexibility index (Phi) is 10.7. The van der Waals surface area contributed by atoms with Crippen LogP contribution in [0.15, 0.2) is 72.8 Å². The van der Waals surface area contributed by atoms with E-state index in [0.717, 1.165) is 37.8 Å². The Hall–Kier alpha value is -3.75. The molecule has 0 saturated carbocycles. The Morgan fingerprint density at radius 1 is 1.02 bits per heavy atom. The quantitative estimate of drug-likeness (QED) is 0.188. The number of hydrogen-bond acceptors (Lipinski definition) is 5. The lowest BCUT2D eigenvalue weighted by atomic mass is 9.96. The average molecular weight is 601 g/mol. The van der Waals surface area contributed by atoms with Crippen molar-refractivity contribution in [3.63, 3.8) is 0 Å². The molecular weight excluding hydrogens is 569 g/mol. The maximum Gasteiger partial charge on any atom is 0.420 e. The largest absolute Gasteiger partial charge is 0.492 e. The third-order valence-corrected chi connectivity index (χ3v) is 7.21. The summed E-state index contributed by atoms with van der Waals surface area (Å²) in [5.74, 6) is 4.98. The molecule has 7 nitrogen and oxygen atoms in total. The molecule has 0 aromatic heterocycles. The number of alkyl halides is 3. The number of amides is 2. The van der Waals surface area contributed by atoms with Crippen LogP contribution in [0, 0.1) is 11.8 Å². The standard InChI is InChI=1S/C31H32ClF3N4O3/c32-26-12-10-25(11-13-26)29(24-7-2-1-3-8-24)38-18-16-37(17-19-38)20-21-42-28-14-9-23(22-27(28)31(33,34)35)6-4-5-15-39(41)30(36)40/h1-3,7-14,22,29,41H,5,15-21H2,(H2,36,40). The number of halogens is 4. The molecule has 4 rings (SSSR count). The monoisotopic (exact) mass is 600 g/mol. The minimum Gasteiger partial charge on any atom is -0.492 e. The number of urea groups is 1. The molecule has 11 heteroatoms. The number of carbonyl (C=O) groups excluding carboxylic acids is 1. The summed E-state index contributed by atoms with van der Waals surface area (Å²) < 4.78 is 46.9. The fourth-order valence-electron chi connectivity index (χ4n) is 4.82. The zero-order valence-corrected chi connectivity index (χ0v) is 23.6. The number of hydroxylamine groups is 2. The molecule has 1 heterocycles. The fraction of sp³-hybridized carbons (Fsp3) is 0.323. The average Bonchev–Trinajstić information content (AvgIpc) is 2.97. The molecule has 3 aromatic rings. The molecular formula is C31H32ClF3N4O3. The van der Waals surface area contributed by atoms with E-state index in [4.69, 9.17) is 22.1 Å². The van der Waals surface area contributed by atoms with Gasteiger partial charge in [-0.05, 0) is 41.5 Å². The van der Waals surface area contributed by atoms with Gasteiger partial charge in [0.25, 0.3) is 0 Å². The number of benzene rings is 3. The molecule has 1 saturated heterocycles. The second-order valence-electron chi connectivity index (χ2n) is 9.81. The van der Waals surface area contributed by atoms with Crippen LogP contribution in [0.25, 0.3) is 0 Å². The first-order chi connectivity index (χ1) is 20.1. The van der Waals surface area contributed by atoms with Crippen molar-refractivity contribution in [2.45, 2.75) is 18.6 Å². The Morgan fingerprint density at radius 2 is 1.69 bits per heavy atom. The zero-order valence-electron chi connectivity index (χ0n) is 22.9. The van der Waals surface area contributed by atoms with E-state index in [-0.39, 0.29) is 42.0 Å². The Balaban J connectivity index is 1.33. The van der Waals surface area contributed by atoms with E-state index in [2.05, 4.69) is 33.8 Å². The van der Waals surface area contributed by atoms with Crippen LogP contribution in [0.3, 0.4) is 0 Å². The van der Waals surface area contributed by atoms with Crippen LogP contribution < -0.4 is 10.5 Å². The van der Waals surface area contributed by atoms with Crippen molar-refractivity contribution in [1.82, 2.24) is 14.9 Å². The first kappa shape index (κ1) is 31.2. The summed E-state index contributed by atoms with van der Waals surface area (Å²) >= 11 is 6.12. The summed E-state index contributed by atoms with van der Waals surface area (Å²) in [6.45, 7) is 3.52. The van der Waals surface area contributed by atoms with Gasteiger partial charge in [-0.15, -0.1) is 0 Å². The van der Waals surface area contributed by atoms with Crippen LogP contribution >= 0.6 is 11.6 Å². The van der Waals surface area contributed by atoms with Crippen LogP contribution in [0.5, 0.6) is 5.75 Å². The van der Waals surface area contributed by atoms with Crippen LogP contribution in [0.4, 0.5) is 18.0 Å². The van der Waals surface area contributed by atoms with E-state index in [1.54, 1.807) is 0 Å². The molecule has 0 radical (unpaired) electrons. The van der Waals surface area contributed by atoms with Crippen molar-refractivity contribution in [1.29, 1.82) is 0 Å². The normalized spacial score (nSPS) is 15.0. The minimum absolute atomic E-state index is 0.0398. The van der Waals surface area contributed by atoms with Gasteiger partial charge in [-0.2, -0.15) is 13.2 Å². The lowest BCUT2D eigenvalue weighted by Gasteiger charge is -2.39. The molecule has 0 bridgehead atoms. The summed E-state index contributed by atoms with van der Waals surface area (Å²) in [6, 6.07) is 20.8. The summed E-state index contributed by atoms with van der Waals surface area (Å²) in [6.07, 6.45) is -4.58. The SMILES string of the molecule is NC(=O)N(O)CCC#Cc1ccc(OCCN2CCN(C(c3ccccc3)c3ccc(Cl)cc3)CC2)c(C(F)(F)F)c1. The fourth-order valence-corrected chi connectivity index (χ4v) is 4.94. The van der Waals surface area contributed by atoms with Gasteiger partial charge in [0.05, 0.1) is 18.2 Å². The van der Waals surface area contributed by atoms with E-state index < -0.39 is 17.8 Å². The van der Waals surface area contributed by atoms with Gasteiger partial charge < -0.3 is 10.5 Å². The molecule has 1 atom stereocenters. The predicted molar refractivity (Wildman–Crippen MR) is 154 cm³/mol. The summed E-state index contributed by atoms with van der Waals surface area (Å²) in [4.78, 5) is 15.4. The van der Waals surface area contributed by atoms with Crippen molar-refractivity contribution in [3.05, 3.63) is 100 Å². The number of carbonyl (C=O) groups is 1. The van der Waals surface area contributed by atoms with Gasteiger partial charge in [-0.25, -0.2) is 9.86 Å². The molecule has 2 amide bonds. The Labute approximate surface area is 248 Å². The maximum absolute atomic E-state index is 13.8. The van der Waals surface area contributed by atoms with E-state index in [1.165, 1.54) is 17.7 Å². The van der Waals surface area contributed by atoms with Gasteiger partial charge in [-0.1, -0.05) is 65.9 Å². The van der Waals surface area contributed by atoms with E-state index in [1.807, 2.05) is 42.5 Å². The van der Waals surface area contributed by atoms with Crippen molar-refractivity contribution in [2.24, 2.45) is 5.73 Å². The lowest BCUT2D eigenvalue weighted by Crippen LogP contribution is -2.48. The van der Waals surface area contributed by atoms with Crippen molar-refractivity contribution < 1.29 is 27.9 Å². The Morgan fingerprint density at radius 3 is 2.33 bits per heavy atom. The first-order valence-electron chi connectivity index (χ1n) is 13.5. The van der Waals surface area contributed by atoms with E-state index >= 15 is 0 Å². The molecule has 1 unspecified atom stereocenters. The van der Waals surface area contributed by atoms with Crippen LogP contribution in [-0.2, 0) is 6.18 Å². The highest BCUT2D eigenvalue weighted by atomic mass is 35.5. The van der Waals surface area contributed by atoms with Crippen LogP contribution in [-0.4, -0.2) is 72.0 Å². The van der Waals surface area contributed by atoms with Crippen molar-refractivity contribution in [2.75, 3.05) is 45.9 Å². The van der Waals surface area contributed by atoms with Gasteiger partial charge in [0, 0.05) is 49.7 Å². The summed E-state index contributed by atoms with van der Waals surface area (Å²) in [7, 11) is 0. The number of hydrogen-bond donors (Lipinski definition) is 2. The minimum atomic E-state index is -4.62. The molecule has 3 aromatic carbocycles. The second-order valence-corrected chi connectivity index (χ2v) is 10.2. The van der Waals surface area contributed by atoms with Crippen LogP contribution in [0.1, 0.15) is 34.7 Å². The molecule has 1 fully saturated rings. The third kappa shape index (κ3) is 8.63. The highest BCUT2D eigenvalue weighted by Crippen LogP contribution is 2.37. The lowest BCUT2D eigenvalue weighted by molar-refractivity contribution is -0.139. The van der Waals surface area contributed by atoms with Crippen LogP contribution in [0.2, 0.25) is 5.02 Å². The summed E-state index contributed by atoms with van der Waals surface area (Å²) in [5.41, 5.74) is 6.48. The highest BCUT2D eigenvalue weighted by Gasteiger charge is 2.35. The smallest absolute Gasteiger partial charge is 0.420 e. The molecule has 0 spiro atoms. The van der Waals surface area contributed by atoms with E-state index in [9.17, 15) is 23.2 Å². The molecule has 3 N–H and O–H groups in total. The Bertz CT molecular complexity index is 1390. The van der Waals surface area contributed by atoms with Crippen molar-refractivity contribution in [3.8, 4) is 17.6 Å². The van der Waals surface area contributed by atoms with Gasteiger partial charge in [0.15, 0.2) is 0 Å². The first-order valence-corrected chi connectivity index (χ1v) is 13.8. The van der Waals surface area contributed by atoms with Gasteiger partial charge in [0.1, 0.15) is 12.4 Å². The number of piperazine rings is 1. The third-order valence-electron chi connectivity index (χ3n) is 6.96.